The van der Waals surface area contributed by atoms with Crippen molar-refractivity contribution in [3.8, 4) is 0 Å². The molecule has 0 unspecified atom stereocenters. The molecule has 8 heteroatoms. The molecule has 0 aliphatic heterocycles. The Bertz CT molecular complexity index is 766. The van der Waals surface area contributed by atoms with E-state index in [0.717, 1.165) is 24.2 Å². The van der Waals surface area contributed by atoms with Crippen LogP contribution in [0.1, 0.15) is 41.8 Å². The standard InChI is InChI=1S/C15H19N5O3/c1-8-6-9(2)20-15(16-8)18-13(19-20)14(22)23-7-12(21)17-10(3)11-4-5-11/h6,10-11H,4-5,7H2,1-3H3,(H,17,21)/t10-/m1/s1. The van der Waals surface area contributed by atoms with Crippen molar-refractivity contribution in [1.82, 2.24) is 24.9 Å². The molecule has 122 valence electrons. The van der Waals surface area contributed by atoms with Gasteiger partial charge in [-0.2, -0.15) is 4.98 Å². The van der Waals surface area contributed by atoms with Crippen LogP contribution in [-0.4, -0.2) is 44.1 Å². The van der Waals surface area contributed by atoms with Gasteiger partial charge >= 0.3 is 5.97 Å². The molecule has 1 amide bonds. The fourth-order valence-corrected chi connectivity index (χ4v) is 2.46. The third-order valence-electron chi connectivity index (χ3n) is 3.85. The fraction of sp³-hybridized carbons (Fsp3) is 0.533. The molecular formula is C15H19N5O3. The number of carbonyl (C=O) groups excluding carboxylic acids is 2. The van der Waals surface area contributed by atoms with Gasteiger partial charge in [0.25, 0.3) is 17.5 Å². The lowest BCUT2D eigenvalue weighted by atomic mass is 10.2. The van der Waals surface area contributed by atoms with Gasteiger partial charge in [-0.05, 0) is 45.6 Å². The molecule has 2 aromatic heterocycles. The van der Waals surface area contributed by atoms with Gasteiger partial charge in [0.2, 0.25) is 0 Å². The Morgan fingerprint density at radius 3 is 2.83 bits per heavy atom. The summed E-state index contributed by atoms with van der Waals surface area (Å²) in [6.07, 6.45) is 2.27. The van der Waals surface area contributed by atoms with Crippen LogP contribution in [0.4, 0.5) is 0 Å². The van der Waals surface area contributed by atoms with Crippen molar-refractivity contribution in [2.45, 2.75) is 39.7 Å². The van der Waals surface area contributed by atoms with Gasteiger partial charge in [-0.15, -0.1) is 5.10 Å². The number of nitrogens with one attached hydrogen (secondary N) is 1. The number of aromatic nitrogens is 4. The summed E-state index contributed by atoms with van der Waals surface area (Å²) < 4.78 is 6.44. The smallest absolute Gasteiger partial charge is 0.378 e. The number of hydrogen-bond acceptors (Lipinski definition) is 6. The van der Waals surface area contributed by atoms with Crippen molar-refractivity contribution in [3.05, 3.63) is 23.3 Å². The van der Waals surface area contributed by atoms with Crippen molar-refractivity contribution in [1.29, 1.82) is 0 Å². The van der Waals surface area contributed by atoms with E-state index < -0.39 is 5.97 Å². The monoisotopic (exact) mass is 317 g/mol. The highest BCUT2D eigenvalue weighted by Crippen LogP contribution is 2.32. The third kappa shape index (κ3) is 3.46. The zero-order valence-electron chi connectivity index (χ0n) is 13.4. The van der Waals surface area contributed by atoms with Crippen molar-refractivity contribution >= 4 is 17.7 Å². The van der Waals surface area contributed by atoms with E-state index in [1.165, 1.54) is 4.52 Å². The first-order valence-corrected chi connectivity index (χ1v) is 7.61. The molecule has 1 aliphatic rings. The number of esters is 1. The molecule has 8 nitrogen and oxygen atoms in total. The summed E-state index contributed by atoms with van der Waals surface area (Å²) in [5.74, 6) is -0.268. The van der Waals surface area contributed by atoms with Crippen molar-refractivity contribution < 1.29 is 14.3 Å². The van der Waals surface area contributed by atoms with E-state index in [1.807, 2.05) is 26.8 Å². The zero-order chi connectivity index (χ0) is 16.6. The van der Waals surface area contributed by atoms with Gasteiger partial charge in [0.1, 0.15) is 0 Å². The SMILES string of the molecule is Cc1cc(C)n2nc(C(=O)OCC(=O)N[C@H](C)C3CC3)nc2n1. The van der Waals surface area contributed by atoms with Crippen LogP contribution in [-0.2, 0) is 9.53 Å². The number of rotatable bonds is 5. The average molecular weight is 317 g/mol. The number of hydrogen-bond donors (Lipinski definition) is 1. The largest absolute Gasteiger partial charge is 0.450 e. The minimum Gasteiger partial charge on any atom is -0.450 e. The number of ether oxygens (including phenoxy) is 1. The molecular weight excluding hydrogens is 298 g/mol. The summed E-state index contributed by atoms with van der Waals surface area (Å²) in [4.78, 5) is 32.0. The second-order valence-electron chi connectivity index (χ2n) is 5.96. The highest BCUT2D eigenvalue weighted by atomic mass is 16.5. The summed E-state index contributed by atoms with van der Waals surface area (Å²) in [5, 5.41) is 6.88. The molecule has 0 bridgehead atoms. The fourth-order valence-electron chi connectivity index (χ4n) is 2.46. The Morgan fingerprint density at radius 2 is 2.13 bits per heavy atom. The van der Waals surface area contributed by atoms with Crippen molar-refractivity contribution in [3.63, 3.8) is 0 Å². The van der Waals surface area contributed by atoms with Gasteiger partial charge in [0.05, 0.1) is 0 Å². The van der Waals surface area contributed by atoms with E-state index in [0.29, 0.717) is 11.7 Å². The molecule has 2 heterocycles. The van der Waals surface area contributed by atoms with E-state index in [2.05, 4.69) is 20.4 Å². The summed E-state index contributed by atoms with van der Waals surface area (Å²) in [5.41, 5.74) is 1.60. The molecule has 3 rings (SSSR count). The van der Waals surface area contributed by atoms with Gasteiger partial charge in [-0.25, -0.2) is 14.3 Å². The van der Waals surface area contributed by atoms with E-state index in [-0.39, 0.29) is 24.4 Å². The molecule has 2 aromatic rings. The predicted molar refractivity (Wildman–Crippen MR) is 80.9 cm³/mol. The minimum absolute atomic E-state index is 0.103. The highest BCUT2D eigenvalue weighted by molar-refractivity contribution is 5.88. The Kier molecular flexibility index (Phi) is 3.97. The van der Waals surface area contributed by atoms with Crippen LogP contribution < -0.4 is 5.32 Å². The van der Waals surface area contributed by atoms with E-state index in [1.54, 1.807) is 0 Å². The predicted octanol–water partition coefficient (Wildman–Crippen LogP) is 0.813. The van der Waals surface area contributed by atoms with Gasteiger partial charge in [0.15, 0.2) is 6.61 Å². The van der Waals surface area contributed by atoms with Crippen LogP contribution in [0, 0.1) is 19.8 Å². The zero-order valence-corrected chi connectivity index (χ0v) is 13.4. The number of aryl methyl sites for hydroxylation is 2. The third-order valence-corrected chi connectivity index (χ3v) is 3.85. The van der Waals surface area contributed by atoms with Crippen LogP contribution in [0.25, 0.3) is 5.78 Å². The highest BCUT2D eigenvalue weighted by Gasteiger charge is 2.29. The first kappa shape index (κ1) is 15.4. The molecule has 0 aromatic carbocycles. The molecule has 0 saturated heterocycles. The van der Waals surface area contributed by atoms with Crippen LogP contribution in [0.3, 0.4) is 0 Å². The Balaban J connectivity index is 1.61. The van der Waals surface area contributed by atoms with E-state index in [4.69, 9.17) is 4.74 Å². The number of amides is 1. The van der Waals surface area contributed by atoms with Crippen molar-refractivity contribution in [2.75, 3.05) is 6.61 Å². The molecule has 1 aliphatic carbocycles. The molecule has 0 radical (unpaired) electrons. The molecule has 1 atom stereocenters. The van der Waals surface area contributed by atoms with E-state index >= 15 is 0 Å². The second-order valence-corrected chi connectivity index (χ2v) is 5.96. The van der Waals surface area contributed by atoms with Crippen LogP contribution in [0.15, 0.2) is 6.07 Å². The number of nitrogens with zero attached hydrogens (tertiary/aromatic N) is 4. The summed E-state index contributed by atoms with van der Waals surface area (Å²) in [7, 11) is 0. The Labute approximate surface area is 133 Å². The quantitative estimate of drug-likeness (QED) is 0.820. The maximum absolute atomic E-state index is 12.0. The van der Waals surface area contributed by atoms with Gasteiger partial charge in [0, 0.05) is 17.4 Å². The second kappa shape index (κ2) is 5.94. The lowest BCUT2D eigenvalue weighted by molar-refractivity contribution is -0.125. The van der Waals surface area contributed by atoms with Crippen molar-refractivity contribution in [2.24, 2.45) is 5.92 Å². The van der Waals surface area contributed by atoms with Gasteiger partial charge in [-0.3, -0.25) is 4.79 Å². The summed E-state index contributed by atoms with van der Waals surface area (Å²) >= 11 is 0. The molecule has 23 heavy (non-hydrogen) atoms. The number of carbonyl (C=O) groups is 2. The minimum atomic E-state index is -0.734. The topological polar surface area (TPSA) is 98.5 Å². The Morgan fingerprint density at radius 1 is 1.39 bits per heavy atom. The maximum Gasteiger partial charge on any atom is 0.378 e. The molecule has 0 spiro atoms. The lowest BCUT2D eigenvalue weighted by Crippen LogP contribution is -2.37. The Hall–Kier alpha value is -2.51. The lowest BCUT2D eigenvalue weighted by Gasteiger charge is -2.12. The first-order valence-electron chi connectivity index (χ1n) is 7.61. The molecule has 1 fully saturated rings. The summed E-state index contributed by atoms with van der Waals surface area (Å²) in [6.45, 7) is 5.30. The van der Waals surface area contributed by atoms with E-state index in [9.17, 15) is 9.59 Å². The molecule has 1 saturated carbocycles. The molecule has 1 N–H and O–H groups in total. The average Bonchev–Trinajstić information content (AvgIpc) is 3.24. The summed E-state index contributed by atoms with van der Waals surface area (Å²) in [6, 6.07) is 1.95. The van der Waals surface area contributed by atoms with Gasteiger partial charge in [-0.1, -0.05) is 0 Å². The first-order chi connectivity index (χ1) is 10.9. The normalized spacial score (nSPS) is 15.4. The van der Waals surface area contributed by atoms with Crippen LogP contribution in [0.5, 0.6) is 0 Å². The maximum atomic E-state index is 12.0. The van der Waals surface area contributed by atoms with Crippen LogP contribution >= 0.6 is 0 Å². The van der Waals surface area contributed by atoms with Gasteiger partial charge < -0.3 is 10.1 Å². The van der Waals surface area contributed by atoms with Crippen LogP contribution in [0.2, 0.25) is 0 Å². The number of fused-ring (bicyclic) bond motifs is 1.